The van der Waals surface area contributed by atoms with Crippen molar-refractivity contribution < 1.29 is 26.2 Å². The maximum absolute atomic E-state index is 7.12. The van der Waals surface area contributed by atoms with Gasteiger partial charge in [0, 0.05) is 26.2 Å². The molecule has 0 fully saturated rings. The second kappa shape index (κ2) is 7.90. The van der Waals surface area contributed by atoms with E-state index in [1.807, 2.05) is 0 Å². The molecule has 0 saturated heterocycles. The average molecular weight is 489 g/mol. The van der Waals surface area contributed by atoms with Crippen molar-refractivity contribution in [1.29, 1.82) is 0 Å². The van der Waals surface area contributed by atoms with E-state index in [9.17, 15) is 0 Å². The van der Waals surface area contributed by atoms with Crippen molar-refractivity contribution in [3.05, 3.63) is 80.9 Å². The first-order chi connectivity index (χ1) is 12.8. The Morgan fingerprint density at radius 1 is 0.643 bits per heavy atom. The molecule has 4 rings (SSSR count). The van der Waals surface area contributed by atoms with Crippen molar-refractivity contribution in [1.82, 2.24) is 0 Å². The van der Waals surface area contributed by atoms with E-state index in [2.05, 4.69) is 76.3 Å². The van der Waals surface area contributed by atoms with Gasteiger partial charge in [0.05, 0.1) is 9.75 Å². The van der Waals surface area contributed by atoms with Gasteiger partial charge in [0.15, 0.2) is 0 Å². The van der Waals surface area contributed by atoms with Crippen molar-refractivity contribution in [3.63, 3.8) is 0 Å². The Bertz CT molecular complexity index is 909. The molecule has 0 spiro atoms. The molecule has 0 nitrogen and oxygen atoms in total. The molecule has 2 aromatic rings. The molecule has 0 aromatic heterocycles. The van der Waals surface area contributed by atoms with E-state index in [4.69, 9.17) is 23.2 Å². The average Bonchev–Trinajstić information content (AvgIpc) is 3.15. The first-order valence-electron chi connectivity index (χ1n) is 9.73. The largest absolute Gasteiger partial charge is 0.109 e. The molecule has 0 saturated carbocycles. The summed E-state index contributed by atoms with van der Waals surface area (Å²) < 4.78 is 0. The van der Waals surface area contributed by atoms with Crippen LogP contribution in [0.2, 0.25) is 0 Å². The van der Waals surface area contributed by atoms with Crippen molar-refractivity contribution in [2.75, 3.05) is 0 Å². The molecule has 0 aliphatic heterocycles. The molecule has 2 aliphatic carbocycles. The summed E-state index contributed by atoms with van der Waals surface area (Å²) in [5, 5.41) is 0. The van der Waals surface area contributed by atoms with E-state index in [0.29, 0.717) is 0 Å². The van der Waals surface area contributed by atoms with Gasteiger partial charge in [-0.25, -0.2) is 0 Å². The predicted molar refractivity (Wildman–Crippen MR) is 119 cm³/mol. The first kappa shape index (κ1) is 22.1. The van der Waals surface area contributed by atoms with Crippen LogP contribution in [0, 0.1) is 27.7 Å². The molecular weight excluding hydrogens is 462 g/mol. The van der Waals surface area contributed by atoms with Crippen LogP contribution in [-0.2, 0) is 36.0 Å². The van der Waals surface area contributed by atoms with Gasteiger partial charge in [-0.05, 0) is 91.5 Å². The molecule has 0 heterocycles. The Morgan fingerprint density at radius 2 is 1.00 bits per heavy atom. The zero-order valence-electron chi connectivity index (χ0n) is 17.0. The Labute approximate surface area is 198 Å². The van der Waals surface area contributed by atoms with Gasteiger partial charge in [0.1, 0.15) is 0 Å². The Balaban J connectivity index is 0.00000225. The zero-order valence-corrected chi connectivity index (χ0v) is 21.0. The van der Waals surface area contributed by atoms with Crippen molar-refractivity contribution in [2.24, 2.45) is 0 Å². The smallest absolute Gasteiger partial charge is 0.0886 e. The summed E-state index contributed by atoms with van der Waals surface area (Å²) in [6.45, 7) is 8.63. The fourth-order valence-corrected chi connectivity index (χ4v) is 5.71. The minimum absolute atomic E-state index is 0. The predicted octanol–water partition coefficient (Wildman–Crippen LogP) is 7.71. The summed E-state index contributed by atoms with van der Waals surface area (Å²) in [6, 6.07) is 8.73. The number of alkyl halides is 2. The van der Waals surface area contributed by atoms with Crippen LogP contribution >= 0.6 is 23.2 Å². The van der Waals surface area contributed by atoms with Crippen molar-refractivity contribution in [2.45, 2.75) is 56.7 Å². The van der Waals surface area contributed by atoms with Crippen LogP contribution in [-0.4, -0.2) is 0 Å². The molecule has 0 amide bonds. The number of benzene rings is 2. The number of rotatable bonds is 4. The summed E-state index contributed by atoms with van der Waals surface area (Å²) in [5.74, 6) is 0. The van der Waals surface area contributed by atoms with E-state index in [0.717, 1.165) is 19.3 Å². The van der Waals surface area contributed by atoms with Crippen LogP contribution in [0.4, 0.5) is 0 Å². The second-order valence-electron chi connectivity index (χ2n) is 8.22. The molecule has 144 valence electrons. The molecule has 2 atom stereocenters. The van der Waals surface area contributed by atoms with Crippen LogP contribution in [0.25, 0.3) is 12.2 Å². The third-order valence-corrected chi connectivity index (χ3v) is 7.29. The number of hydrogen-bond donors (Lipinski definition) is 0. The normalized spacial score (nSPS) is 24.2. The van der Waals surface area contributed by atoms with E-state index in [1.165, 1.54) is 44.5 Å². The summed E-state index contributed by atoms with van der Waals surface area (Å²) in [7, 11) is 0. The fraction of sp³-hybridized carbons (Fsp3) is 0.360. The van der Waals surface area contributed by atoms with E-state index in [-0.39, 0.29) is 26.2 Å². The van der Waals surface area contributed by atoms with E-state index < -0.39 is 9.75 Å². The Hall–Kier alpha value is -0.617. The molecule has 2 aromatic carbocycles. The third-order valence-electron chi connectivity index (χ3n) is 6.28. The zero-order chi connectivity index (χ0) is 19.4. The van der Waals surface area contributed by atoms with Crippen molar-refractivity contribution >= 4 is 35.4 Å². The summed E-state index contributed by atoms with van der Waals surface area (Å²) in [4.78, 5) is -0.822. The number of allylic oxidation sites excluding steroid dienone is 2. The third kappa shape index (κ3) is 3.53. The van der Waals surface area contributed by atoms with Crippen LogP contribution in [0.3, 0.4) is 0 Å². The minimum Gasteiger partial charge on any atom is -0.109 e. The molecule has 2 aliphatic rings. The van der Waals surface area contributed by atoms with Gasteiger partial charge in [-0.3, -0.25) is 0 Å². The van der Waals surface area contributed by atoms with Gasteiger partial charge >= 0.3 is 0 Å². The molecule has 3 heteroatoms. The standard InChI is InChI=1S/C25H26Cl2.Zr/c1-16-6-8-18(3)22-20(16)10-14-24(22,26)12-5-13-25(27)15-11-21-17(2)7-9-19(4)23(21)25;/h6-11,14-15H,5,12-13H2,1-4H3;. The van der Waals surface area contributed by atoms with E-state index in [1.54, 1.807) is 0 Å². The molecule has 0 N–H and O–H groups in total. The molecular formula is C25H26Cl2Zr. The summed E-state index contributed by atoms with van der Waals surface area (Å²) in [6.07, 6.45) is 11.5. The molecule has 0 radical (unpaired) electrons. The number of aryl methyl sites for hydroxylation is 4. The fourth-order valence-electron chi connectivity index (χ4n) is 4.82. The SMILES string of the molecule is Cc1ccc(C)c2c1C=CC2(Cl)CCCC1(Cl)C=Cc2c(C)ccc(C)c21.[Zr]. The van der Waals surface area contributed by atoms with Gasteiger partial charge in [-0.15, -0.1) is 23.2 Å². The van der Waals surface area contributed by atoms with Crippen molar-refractivity contribution in [3.8, 4) is 0 Å². The van der Waals surface area contributed by atoms with Gasteiger partial charge in [0.25, 0.3) is 0 Å². The summed E-state index contributed by atoms with van der Waals surface area (Å²) >= 11 is 14.2. The van der Waals surface area contributed by atoms with Crippen LogP contribution in [0.5, 0.6) is 0 Å². The van der Waals surface area contributed by atoms with Gasteiger partial charge in [-0.2, -0.15) is 0 Å². The second-order valence-corrected chi connectivity index (χ2v) is 9.57. The summed E-state index contributed by atoms with van der Waals surface area (Å²) in [5.41, 5.74) is 10.3. The van der Waals surface area contributed by atoms with Crippen LogP contribution < -0.4 is 0 Å². The molecule has 0 bridgehead atoms. The van der Waals surface area contributed by atoms with Gasteiger partial charge < -0.3 is 0 Å². The first-order valence-corrected chi connectivity index (χ1v) is 10.5. The number of hydrogen-bond acceptors (Lipinski definition) is 0. The molecule has 28 heavy (non-hydrogen) atoms. The van der Waals surface area contributed by atoms with Gasteiger partial charge in [0.2, 0.25) is 0 Å². The maximum Gasteiger partial charge on any atom is 0.0886 e. The molecule has 2 unspecified atom stereocenters. The maximum atomic E-state index is 7.12. The number of fused-ring (bicyclic) bond motifs is 2. The van der Waals surface area contributed by atoms with Gasteiger partial charge in [-0.1, -0.05) is 48.6 Å². The topological polar surface area (TPSA) is 0 Å². The Morgan fingerprint density at radius 3 is 1.39 bits per heavy atom. The Kier molecular flexibility index (Phi) is 6.23. The monoisotopic (exact) mass is 486 g/mol. The minimum atomic E-state index is -0.411. The number of halogens is 2. The quantitative estimate of drug-likeness (QED) is 0.387. The van der Waals surface area contributed by atoms with Crippen LogP contribution in [0.15, 0.2) is 36.4 Å². The van der Waals surface area contributed by atoms with E-state index >= 15 is 0 Å². The van der Waals surface area contributed by atoms with Crippen LogP contribution in [0.1, 0.15) is 63.8 Å².